The van der Waals surface area contributed by atoms with Gasteiger partial charge in [-0.3, -0.25) is 4.79 Å². The molecule has 1 saturated carbocycles. The second-order valence-corrected chi connectivity index (χ2v) is 10.0. The Morgan fingerprint density at radius 3 is 2.57 bits per heavy atom. The third-order valence-electron chi connectivity index (χ3n) is 7.05. The summed E-state index contributed by atoms with van der Waals surface area (Å²) >= 11 is 6.10. The molecule has 196 valence electrons. The number of halogens is 4. The van der Waals surface area contributed by atoms with E-state index in [2.05, 4.69) is 15.6 Å². The fourth-order valence-corrected chi connectivity index (χ4v) is 5.20. The van der Waals surface area contributed by atoms with E-state index in [0.717, 1.165) is 30.2 Å². The van der Waals surface area contributed by atoms with Gasteiger partial charge in [0.15, 0.2) is 0 Å². The van der Waals surface area contributed by atoms with Crippen LogP contribution in [-0.2, 0) is 17.4 Å². The minimum atomic E-state index is -4.55. The maximum absolute atomic E-state index is 13.4. The van der Waals surface area contributed by atoms with Crippen molar-refractivity contribution >= 4 is 34.1 Å². The maximum atomic E-state index is 13.4. The molecular weight excluding hydrogens is 507 g/mol. The van der Waals surface area contributed by atoms with Gasteiger partial charge in [-0.05, 0) is 68.0 Å². The first-order valence-electron chi connectivity index (χ1n) is 12.2. The van der Waals surface area contributed by atoms with E-state index in [1.165, 1.54) is 12.1 Å². The molecule has 1 unspecified atom stereocenters. The number of fused-ring (bicyclic) bond motifs is 2. The first kappa shape index (κ1) is 25.4. The Kier molecular flexibility index (Phi) is 7.07. The van der Waals surface area contributed by atoms with E-state index >= 15 is 0 Å². The lowest BCUT2D eigenvalue weighted by molar-refractivity contribution is -0.140. The molecule has 2 aliphatic rings. The normalized spacial score (nSPS) is 21.6. The van der Waals surface area contributed by atoms with Crippen LogP contribution in [0.4, 0.5) is 18.9 Å². The molecule has 1 aliphatic carbocycles. The molecule has 2 N–H and O–H groups in total. The van der Waals surface area contributed by atoms with E-state index in [9.17, 15) is 18.0 Å². The number of hydrogen-bond donors (Lipinski definition) is 2. The van der Waals surface area contributed by atoms with Crippen molar-refractivity contribution in [1.82, 2.24) is 10.3 Å². The summed E-state index contributed by atoms with van der Waals surface area (Å²) < 4.78 is 51.3. The monoisotopic (exact) mass is 533 g/mol. The van der Waals surface area contributed by atoms with E-state index in [4.69, 9.17) is 21.1 Å². The Morgan fingerprint density at radius 2 is 1.84 bits per heavy atom. The number of carbonyl (C=O) groups excluding carboxylic acids is 1. The summed E-state index contributed by atoms with van der Waals surface area (Å²) in [6, 6.07) is 11.3. The second kappa shape index (κ2) is 10.3. The molecule has 0 saturated heterocycles. The number of anilines is 1. The molecule has 37 heavy (non-hydrogen) atoms. The van der Waals surface area contributed by atoms with Gasteiger partial charge < -0.3 is 20.1 Å². The number of alkyl halides is 3. The number of benzene rings is 2. The largest absolute Gasteiger partial charge is 0.497 e. The summed E-state index contributed by atoms with van der Waals surface area (Å²) in [6.07, 6.45) is -1.09. The summed E-state index contributed by atoms with van der Waals surface area (Å²) in [5.41, 5.74) is 0.628. The zero-order chi connectivity index (χ0) is 26.2. The first-order chi connectivity index (χ1) is 17.7. The lowest BCUT2D eigenvalue weighted by atomic mass is 9.89. The molecule has 0 spiro atoms. The Bertz CT molecular complexity index is 1310. The smallest absolute Gasteiger partial charge is 0.433 e. The van der Waals surface area contributed by atoms with Gasteiger partial charge >= 0.3 is 6.18 Å². The minimum Gasteiger partial charge on any atom is -0.497 e. The average Bonchev–Trinajstić information content (AvgIpc) is 2.88. The quantitative estimate of drug-likeness (QED) is 0.420. The molecule has 0 radical (unpaired) electrons. The van der Waals surface area contributed by atoms with Gasteiger partial charge in [0.05, 0.1) is 18.5 Å². The maximum Gasteiger partial charge on any atom is 0.433 e. The second-order valence-electron chi connectivity index (χ2n) is 9.60. The standard InChI is InChI=1S/C27H27ClF3N3O3/c1-36-20-8-2-15-10-16(14-37-24(15)12-20)26(35)33-19-6-4-18(5-7-19)32-23-13-25(27(29,30)31)34-22-9-3-17(28)11-21(22)23/h2-3,8-9,11-13,16,18-19H,4-7,10,14H2,1H3,(H,32,34)(H,33,35)/t16?,18-,19+. The molecule has 1 amide bonds. The molecular formula is C27H27ClF3N3O3. The summed E-state index contributed by atoms with van der Waals surface area (Å²) in [7, 11) is 1.60. The highest BCUT2D eigenvalue weighted by molar-refractivity contribution is 6.31. The van der Waals surface area contributed by atoms with Crippen LogP contribution in [0.2, 0.25) is 5.02 Å². The molecule has 1 aliphatic heterocycles. The average molecular weight is 534 g/mol. The van der Waals surface area contributed by atoms with Gasteiger partial charge in [-0.2, -0.15) is 13.2 Å². The van der Waals surface area contributed by atoms with Crippen LogP contribution in [-0.4, -0.2) is 36.7 Å². The van der Waals surface area contributed by atoms with E-state index in [1.54, 1.807) is 13.2 Å². The zero-order valence-electron chi connectivity index (χ0n) is 20.2. The van der Waals surface area contributed by atoms with Crippen LogP contribution in [0.15, 0.2) is 42.5 Å². The highest BCUT2D eigenvalue weighted by Gasteiger charge is 2.34. The molecule has 1 fully saturated rings. The van der Waals surface area contributed by atoms with Gasteiger partial charge in [0, 0.05) is 34.2 Å². The molecule has 1 atom stereocenters. The van der Waals surface area contributed by atoms with Crippen LogP contribution in [0.1, 0.15) is 36.9 Å². The summed E-state index contributed by atoms with van der Waals surface area (Å²) in [5.74, 6) is 1.14. The Hall–Kier alpha value is -3.20. The topological polar surface area (TPSA) is 72.5 Å². The molecule has 10 heteroatoms. The van der Waals surface area contributed by atoms with Crippen LogP contribution < -0.4 is 20.1 Å². The van der Waals surface area contributed by atoms with Crippen LogP contribution in [0.3, 0.4) is 0 Å². The van der Waals surface area contributed by atoms with E-state index in [1.807, 2.05) is 18.2 Å². The number of nitrogens with zero attached hydrogens (tertiary/aromatic N) is 1. The molecule has 5 rings (SSSR count). The number of pyridine rings is 1. The van der Waals surface area contributed by atoms with Crippen molar-refractivity contribution in [3.63, 3.8) is 0 Å². The van der Waals surface area contributed by atoms with Crippen molar-refractivity contribution < 1.29 is 27.4 Å². The fourth-order valence-electron chi connectivity index (χ4n) is 5.03. The van der Waals surface area contributed by atoms with Gasteiger partial charge in [0.2, 0.25) is 5.91 Å². The van der Waals surface area contributed by atoms with Gasteiger partial charge in [-0.15, -0.1) is 0 Å². The Labute approximate surface area is 217 Å². The number of nitrogens with one attached hydrogen (secondary N) is 2. The third kappa shape index (κ3) is 5.71. The van der Waals surface area contributed by atoms with Crippen LogP contribution in [0, 0.1) is 5.92 Å². The molecule has 2 aromatic carbocycles. The number of ether oxygens (including phenoxy) is 2. The number of amides is 1. The highest BCUT2D eigenvalue weighted by Crippen LogP contribution is 2.36. The van der Waals surface area contributed by atoms with Gasteiger partial charge in [-0.25, -0.2) is 4.98 Å². The predicted octanol–water partition coefficient (Wildman–Crippen LogP) is 6.01. The first-order valence-corrected chi connectivity index (χ1v) is 12.6. The van der Waals surface area contributed by atoms with Crippen molar-refractivity contribution in [2.24, 2.45) is 5.92 Å². The van der Waals surface area contributed by atoms with Crippen molar-refractivity contribution in [2.75, 3.05) is 19.0 Å². The lowest BCUT2D eigenvalue weighted by Crippen LogP contribution is -2.45. The highest BCUT2D eigenvalue weighted by atomic mass is 35.5. The van der Waals surface area contributed by atoms with Gasteiger partial charge in [-0.1, -0.05) is 17.7 Å². The summed E-state index contributed by atoms with van der Waals surface area (Å²) in [4.78, 5) is 16.7. The number of hydrogen-bond acceptors (Lipinski definition) is 5. The minimum absolute atomic E-state index is 0.0113. The Morgan fingerprint density at radius 1 is 1.08 bits per heavy atom. The van der Waals surface area contributed by atoms with Crippen LogP contribution in [0.5, 0.6) is 11.5 Å². The van der Waals surface area contributed by atoms with Gasteiger partial charge in [0.1, 0.15) is 23.8 Å². The number of aromatic nitrogens is 1. The molecule has 1 aromatic heterocycles. The molecule has 3 aromatic rings. The van der Waals surface area contributed by atoms with Crippen LogP contribution >= 0.6 is 11.6 Å². The summed E-state index contributed by atoms with van der Waals surface area (Å²) in [5, 5.41) is 7.40. The van der Waals surface area contributed by atoms with Crippen LogP contribution in [0.25, 0.3) is 10.9 Å². The number of methoxy groups -OCH3 is 1. The fraction of sp³-hybridized carbons (Fsp3) is 0.407. The predicted molar refractivity (Wildman–Crippen MR) is 135 cm³/mol. The van der Waals surface area contributed by atoms with Crippen molar-refractivity contribution in [1.29, 1.82) is 0 Å². The number of rotatable bonds is 5. The SMILES string of the molecule is COc1ccc2c(c1)OCC(C(=O)N[C@H]1CC[C@@H](Nc3cc(C(F)(F)F)nc4ccc(Cl)cc34)CC1)C2. The van der Waals surface area contributed by atoms with Gasteiger partial charge in [0.25, 0.3) is 0 Å². The molecule has 6 nitrogen and oxygen atoms in total. The Balaban J connectivity index is 1.20. The van der Waals surface area contributed by atoms with Crippen molar-refractivity contribution in [3.8, 4) is 11.5 Å². The summed E-state index contributed by atoms with van der Waals surface area (Å²) in [6.45, 7) is 0.308. The third-order valence-corrected chi connectivity index (χ3v) is 7.28. The van der Waals surface area contributed by atoms with E-state index < -0.39 is 11.9 Å². The van der Waals surface area contributed by atoms with Crippen molar-refractivity contribution in [2.45, 2.75) is 50.4 Å². The number of carbonyl (C=O) groups is 1. The zero-order valence-corrected chi connectivity index (χ0v) is 21.0. The van der Waals surface area contributed by atoms with E-state index in [0.29, 0.717) is 47.7 Å². The molecule has 0 bridgehead atoms. The van der Waals surface area contributed by atoms with E-state index in [-0.39, 0.29) is 29.4 Å². The molecule has 2 heterocycles. The lowest BCUT2D eigenvalue weighted by Gasteiger charge is -2.32. The van der Waals surface area contributed by atoms with Crippen molar-refractivity contribution in [3.05, 3.63) is 58.7 Å².